The highest BCUT2D eigenvalue weighted by molar-refractivity contribution is 5.97. The molecule has 4 heteroatoms. The molecule has 1 aliphatic rings. The highest BCUT2D eigenvalue weighted by Crippen LogP contribution is 2.34. The Morgan fingerprint density at radius 3 is 1.67 bits per heavy atom. The first-order valence-corrected chi connectivity index (χ1v) is 12.4. The first-order chi connectivity index (χ1) is 17.7. The Labute approximate surface area is 214 Å². The van der Waals surface area contributed by atoms with Crippen molar-refractivity contribution < 1.29 is 9.53 Å². The Kier molecular flexibility index (Phi) is 8.55. The maximum atomic E-state index is 12.2. The monoisotopic (exact) mass is 476 g/mol. The summed E-state index contributed by atoms with van der Waals surface area (Å²) in [5.74, 6) is 0.347. The van der Waals surface area contributed by atoms with E-state index >= 15 is 0 Å². The maximum absolute atomic E-state index is 12.2. The molecular weight excluding hydrogens is 444 g/mol. The van der Waals surface area contributed by atoms with Crippen LogP contribution >= 0.6 is 0 Å². The smallest absolute Gasteiger partial charge is 0.291 e. The number of rotatable bonds is 6. The summed E-state index contributed by atoms with van der Waals surface area (Å²) in [7, 11) is 0. The lowest BCUT2D eigenvalue weighted by atomic mass is 10.1. The Hall–Kier alpha value is -4.31. The number of hydrogen-bond acceptors (Lipinski definition) is 3. The van der Waals surface area contributed by atoms with Gasteiger partial charge in [0.2, 0.25) is 0 Å². The van der Waals surface area contributed by atoms with E-state index in [2.05, 4.69) is 72.5 Å². The number of amides is 1. The van der Waals surface area contributed by atoms with Crippen LogP contribution in [0.25, 0.3) is 6.08 Å². The van der Waals surface area contributed by atoms with E-state index in [0.717, 1.165) is 29.0 Å². The molecular formula is C32H32N2O2. The predicted octanol–water partition coefficient (Wildman–Crippen LogP) is 7.58. The molecule has 0 unspecified atom stereocenters. The summed E-state index contributed by atoms with van der Waals surface area (Å²) in [6, 6.07) is 39.1. The highest BCUT2D eigenvalue weighted by atomic mass is 16.5. The topological polar surface area (TPSA) is 32.8 Å². The molecule has 0 radical (unpaired) electrons. The molecule has 1 aliphatic heterocycles. The fourth-order valence-electron chi connectivity index (χ4n) is 3.95. The van der Waals surface area contributed by atoms with Crippen LogP contribution in [-0.2, 0) is 16.0 Å². The molecule has 4 aromatic rings. The summed E-state index contributed by atoms with van der Waals surface area (Å²) in [5, 5.41) is 0. The zero-order valence-electron chi connectivity index (χ0n) is 20.9. The summed E-state index contributed by atoms with van der Waals surface area (Å²) in [5.41, 5.74) is 5.58. The number of nitrogens with zero attached hydrogens (tertiary/aromatic N) is 2. The van der Waals surface area contributed by atoms with Crippen LogP contribution in [0.1, 0.15) is 25.0 Å². The number of benzene rings is 4. The van der Waals surface area contributed by atoms with Crippen molar-refractivity contribution in [3.05, 3.63) is 132 Å². The lowest BCUT2D eigenvalue weighted by Crippen LogP contribution is -2.24. The lowest BCUT2D eigenvalue weighted by Gasteiger charge is -2.25. The molecule has 182 valence electrons. The second-order valence-electron chi connectivity index (χ2n) is 8.38. The van der Waals surface area contributed by atoms with Crippen LogP contribution in [0.15, 0.2) is 121 Å². The predicted molar refractivity (Wildman–Crippen MR) is 148 cm³/mol. The van der Waals surface area contributed by atoms with Crippen LogP contribution in [0, 0.1) is 0 Å². The summed E-state index contributed by atoms with van der Waals surface area (Å²) in [4.78, 5) is 16.1. The van der Waals surface area contributed by atoms with Gasteiger partial charge in [-0.05, 0) is 66.9 Å². The molecule has 0 atom stereocenters. The fraction of sp³-hybridized carbons (Fsp3) is 0.156. The number of likely N-dealkylation sites (N-methyl/N-ethyl adjacent to an activating group) is 1. The van der Waals surface area contributed by atoms with Crippen LogP contribution in [0.3, 0.4) is 0 Å². The SMILES string of the molecule is CCN1CO/C(=C/c2ccc(N(c3ccccc3)c3ccccc3)cc2)C1=O.CCc1ccccc1. The number of ether oxygens (including phenoxy) is 1. The third-order valence-corrected chi connectivity index (χ3v) is 5.98. The fourth-order valence-corrected chi connectivity index (χ4v) is 3.95. The van der Waals surface area contributed by atoms with Crippen LogP contribution in [0.4, 0.5) is 17.1 Å². The average Bonchev–Trinajstić information content (AvgIpc) is 3.30. The van der Waals surface area contributed by atoms with E-state index in [1.807, 2.05) is 61.5 Å². The van der Waals surface area contributed by atoms with Gasteiger partial charge in [-0.3, -0.25) is 4.79 Å². The molecule has 1 saturated heterocycles. The molecule has 4 aromatic carbocycles. The molecule has 1 fully saturated rings. The highest BCUT2D eigenvalue weighted by Gasteiger charge is 2.26. The molecule has 0 bridgehead atoms. The molecule has 0 aromatic heterocycles. The van der Waals surface area contributed by atoms with Crippen molar-refractivity contribution >= 4 is 29.0 Å². The van der Waals surface area contributed by atoms with Gasteiger partial charge in [-0.15, -0.1) is 0 Å². The molecule has 5 rings (SSSR count). The van der Waals surface area contributed by atoms with Crippen molar-refractivity contribution in [1.82, 2.24) is 4.90 Å². The Bertz CT molecular complexity index is 1210. The number of carbonyl (C=O) groups is 1. The minimum atomic E-state index is -0.0539. The van der Waals surface area contributed by atoms with Crippen molar-refractivity contribution in [3.8, 4) is 0 Å². The molecule has 0 aliphatic carbocycles. The quantitative estimate of drug-likeness (QED) is 0.269. The van der Waals surface area contributed by atoms with Gasteiger partial charge in [-0.1, -0.05) is 85.8 Å². The van der Waals surface area contributed by atoms with E-state index in [1.165, 1.54) is 5.56 Å². The third-order valence-electron chi connectivity index (χ3n) is 5.98. The summed E-state index contributed by atoms with van der Waals surface area (Å²) in [6.07, 6.45) is 2.94. The van der Waals surface area contributed by atoms with Crippen molar-refractivity contribution in [2.45, 2.75) is 20.3 Å². The van der Waals surface area contributed by atoms with E-state index < -0.39 is 0 Å². The molecule has 1 amide bonds. The van der Waals surface area contributed by atoms with Gasteiger partial charge in [-0.25, -0.2) is 0 Å². The third kappa shape index (κ3) is 6.22. The van der Waals surface area contributed by atoms with Crippen molar-refractivity contribution in [3.63, 3.8) is 0 Å². The Balaban J connectivity index is 0.000000325. The summed E-state index contributed by atoms with van der Waals surface area (Å²) in [6.45, 7) is 5.09. The van der Waals surface area contributed by atoms with Gasteiger partial charge in [-0.2, -0.15) is 0 Å². The van der Waals surface area contributed by atoms with Crippen molar-refractivity contribution in [2.75, 3.05) is 18.2 Å². The first kappa shape index (κ1) is 24.8. The minimum Gasteiger partial charge on any atom is -0.467 e. The Morgan fingerprint density at radius 1 is 0.722 bits per heavy atom. The van der Waals surface area contributed by atoms with E-state index in [4.69, 9.17) is 4.74 Å². The summed E-state index contributed by atoms with van der Waals surface area (Å²) >= 11 is 0. The van der Waals surface area contributed by atoms with Gasteiger partial charge in [0.05, 0.1) is 0 Å². The zero-order chi connectivity index (χ0) is 25.2. The largest absolute Gasteiger partial charge is 0.467 e. The van der Waals surface area contributed by atoms with Crippen LogP contribution < -0.4 is 4.90 Å². The number of para-hydroxylation sites is 2. The van der Waals surface area contributed by atoms with Crippen molar-refractivity contribution in [2.24, 2.45) is 0 Å². The standard InChI is InChI=1S/C24H22N2O2.C8H10/c1-2-25-18-28-23(24(25)27)17-19-13-15-22(16-14-19)26(20-9-5-3-6-10-20)21-11-7-4-8-12-21;1-2-8-6-4-3-5-7-8/h3-17H,2,18H2,1H3;3-7H,2H2,1H3/b23-17+;. The second kappa shape index (κ2) is 12.4. The van der Waals surface area contributed by atoms with Gasteiger partial charge in [0, 0.05) is 23.6 Å². The molecule has 4 nitrogen and oxygen atoms in total. The number of hydrogen-bond donors (Lipinski definition) is 0. The van der Waals surface area contributed by atoms with Gasteiger partial charge in [0.1, 0.15) is 0 Å². The van der Waals surface area contributed by atoms with Gasteiger partial charge in [0.25, 0.3) is 5.91 Å². The normalized spacial score (nSPS) is 13.7. The van der Waals surface area contributed by atoms with Crippen LogP contribution in [0.2, 0.25) is 0 Å². The number of anilines is 3. The van der Waals surface area contributed by atoms with Gasteiger partial charge >= 0.3 is 0 Å². The van der Waals surface area contributed by atoms with E-state index in [-0.39, 0.29) is 5.91 Å². The average molecular weight is 477 g/mol. The molecule has 0 N–H and O–H groups in total. The molecule has 1 heterocycles. The molecule has 0 spiro atoms. The first-order valence-electron chi connectivity index (χ1n) is 12.4. The van der Waals surface area contributed by atoms with Gasteiger partial charge in [0.15, 0.2) is 12.5 Å². The van der Waals surface area contributed by atoms with Crippen molar-refractivity contribution in [1.29, 1.82) is 0 Å². The maximum Gasteiger partial charge on any atom is 0.291 e. The number of aryl methyl sites for hydroxylation is 1. The minimum absolute atomic E-state index is 0.0539. The lowest BCUT2D eigenvalue weighted by molar-refractivity contribution is -0.124. The van der Waals surface area contributed by atoms with Gasteiger partial charge < -0.3 is 14.5 Å². The van der Waals surface area contributed by atoms with E-state index in [0.29, 0.717) is 19.0 Å². The summed E-state index contributed by atoms with van der Waals surface area (Å²) < 4.78 is 5.52. The second-order valence-corrected chi connectivity index (χ2v) is 8.38. The van der Waals surface area contributed by atoms with E-state index in [1.54, 1.807) is 11.0 Å². The zero-order valence-corrected chi connectivity index (χ0v) is 20.9. The van der Waals surface area contributed by atoms with E-state index in [9.17, 15) is 4.79 Å². The molecule has 0 saturated carbocycles. The number of carbonyl (C=O) groups excluding carboxylic acids is 1. The molecule has 36 heavy (non-hydrogen) atoms. The van der Waals surface area contributed by atoms with Crippen LogP contribution in [0.5, 0.6) is 0 Å². The Morgan fingerprint density at radius 2 is 1.22 bits per heavy atom. The van der Waals surface area contributed by atoms with Crippen LogP contribution in [-0.4, -0.2) is 24.1 Å².